The zero-order valence-electron chi connectivity index (χ0n) is 8.74. The van der Waals surface area contributed by atoms with Crippen molar-refractivity contribution >= 4 is 0 Å². The fourth-order valence-electron chi connectivity index (χ4n) is 1.73. The van der Waals surface area contributed by atoms with Crippen LogP contribution >= 0.6 is 0 Å². The Labute approximate surface area is 95.4 Å². The van der Waals surface area contributed by atoms with E-state index in [9.17, 15) is 0 Å². The first-order chi connectivity index (χ1) is 5.66. The molecule has 1 N–H and O–H groups in total. The topological polar surface area (TPSA) is 18.5 Å². The molecule has 0 fully saturated rings. The van der Waals surface area contributed by atoms with Crippen LogP contribution in [-0.2, 0) is 21.1 Å². The quantitative estimate of drug-likeness (QED) is 0.693. The number of hydrogen-bond acceptors (Lipinski definition) is 3. The van der Waals surface area contributed by atoms with E-state index in [0.29, 0.717) is 12.2 Å². The van der Waals surface area contributed by atoms with Gasteiger partial charge in [0.05, 0.1) is 6.17 Å². The molecule has 0 unspecified atom stereocenters. The molecular formula is C9H18N3W-. The maximum Gasteiger partial charge on any atom is 0.0760 e. The predicted octanol–water partition coefficient (Wildman–Crippen LogP) is -0.236. The Morgan fingerprint density at radius 3 is 2.54 bits per heavy atom. The van der Waals surface area contributed by atoms with Crippen LogP contribution in [0.4, 0.5) is 0 Å². The van der Waals surface area contributed by atoms with E-state index in [1.165, 1.54) is 0 Å². The molecule has 13 heavy (non-hydrogen) atoms. The Bertz CT molecular complexity index is 170. The van der Waals surface area contributed by atoms with Gasteiger partial charge in [-0.3, -0.25) is 4.90 Å². The van der Waals surface area contributed by atoms with Gasteiger partial charge in [0.25, 0.3) is 0 Å². The summed E-state index contributed by atoms with van der Waals surface area (Å²) in [6, 6.07) is 0.388. The molecule has 2 atom stereocenters. The molecule has 0 aliphatic carbocycles. The number of nitrogens with zero attached hydrogens (tertiary/aromatic N) is 2. The normalized spacial score (nSPS) is 29.0. The van der Waals surface area contributed by atoms with E-state index in [4.69, 9.17) is 0 Å². The van der Waals surface area contributed by atoms with E-state index in [1.54, 1.807) is 0 Å². The number of rotatable bonds is 2. The summed E-state index contributed by atoms with van der Waals surface area (Å²) in [4.78, 5) is 4.50. The van der Waals surface area contributed by atoms with Crippen LogP contribution in [0, 0.1) is 6.08 Å². The molecular weight excluding hydrogens is 334 g/mol. The monoisotopic (exact) mass is 352 g/mol. The van der Waals surface area contributed by atoms with Crippen LogP contribution in [0.2, 0.25) is 0 Å². The fourth-order valence-corrected chi connectivity index (χ4v) is 1.73. The molecule has 0 amide bonds. The van der Waals surface area contributed by atoms with Crippen LogP contribution in [0.25, 0.3) is 0 Å². The standard InChI is InChI=1S/C9H18N3.W/c1-10-8-6-5-7-12(4)9(8)11(2)3;/h6,8-10H,7H2,1-4H3;/q-1;/t8-,9-;/m0./s1. The molecule has 0 aromatic carbocycles. The van der Waals surface area contributed by atoms with Crippen LogP contribution in [0.15, 0.2) is 6.08 Å². The van der Waals surface area contributed by atoms with Crippen molar-refractivity contribution in [1.29, 1.82) is 0 Å². The van der Waals surface area contributed by atoms with Gasteiger partial charge < -0.3 is 16.3 Å². The van der Waals surface area contributed by atoms with Crippen LogP contribution in [-0.4, -0.2) is 56.7 Å². The molecule has 3 nitrogen and oxygen atoms in total. The van der Waals surface area contributed by atoms with Gasteiger partial charge in [-0.05, 0) is 28.2 Å². The SMILES string of the molecule is CN[C@H]1C=[C-]CN(C)[C@@H]1N(C)C.[W]. The summed E-state index contributed by atoms with van der Waals surface area (Å²) < 4.78 is 0. The van der Waals surface area contributed by atoms with E-state index in [1.807, 2.05) is 7.05 Å². The van der Waals surface area contributed by atoms with Gasteiger partial charge in [0, 0.05) is 27.1 Å². The van der Waals surface area contributed by atoms with E-state index in [-0.39, 0.29) is 21.1 Å². The average Bonchev–Trinajstić information content (AvgIpc) is 2.03. The van der Waals surface area contributed by atoms with Gasteiger partial charge >= 0.3 is 0 Å². The summed E-state index contributed by atoms with van der Waals surface area (Å²) in [7, 11) is 8.31. The molecule has 1 rings (SSSR count). The summed E-state index contributed by atoms with van der Waals surface area (Å²) in [5, 5.41) is 3.26. The van der Waals surface area contributed by atoms with Crippen molar-refractivity contribution in [3.63, 3.8) is 0 Å². The Hall–Kier alpha value is 0.308. The largest absolute Gasteiger partial charge is 0.484 e. The zero-order chi connectivity index (χ0) is 9.14. The van der Waals surface area contributed by atoms with Gasteiger partial charge in [-0.25, -0.2) is 6.08 Å². The van der Waals surface area contributed by atoms with Crippen molar-refractivity contribution in [2.45, 2.75) is 12.2 Å². The van der Waals surface area contributed by atoms with Crippen molar-refractivity contribution in [3.8, 4) is 0 Å². The summed E-state index contributed by atoms with van der Waals surface area (Å²) >= 11 is 0. The second kappa shape index (κ2) is 5.92. The maximum atomic E-state index is 3.26. The van der Waals surface area contributed by atoms with Gasteiger partial charge in [0.1, 0.15) is 0 Å². The fraction of sp³-hybridized carbons (Fsp3) is 0.778. The van der Waals surface area contributed by atoms with E-state index >= 15 is 0 Å². The van der Waals surface area contributed by atoms with Gasteiger partial charge in [0.15, 0.2) is 0 Å². The number of hydrogen-bond donors (Lipinski definition) is 1. The molecule has 1 aliphatic heterocycles. The Morgan fingerprint density at radius 1 is 1.54 bits per heavy atom. The molecule has 1 aliphatic rings. The average molecular weight is 352 g/mol. The molecule has 0 aromatic heterocycles. The second-order valence-electron chi connectivity index (χ2n) is 3.48. The van der Waals surface area contributed by atoms with Crippen molar-refractivity contribution in [2.24, 2.45) is 0 Å². The smallest absolute Gasteiger partial charge is 0.0760 e. The summed E-state index contributed by atoms with van der Waals surface area (Å²) in [5.41, 5.74) is 0. The molecule has 0 aromatic rings. The van der Waals surface area contributed by atoms with Crippen molar-refractivity contribution in [3.05, 3.63) is 12.2 Å². The summed E-state index contributed by atoms with van der Waals surface area (Å²) in [6.45, 7) is 0.918. The molecule has 0 bridgehead atoms. The van der Waals surface area contributed by atoms with E-state index in [0.717, 1.165) is 6.54 Å². The van der Waals surface area contributed by atoms with Crippen LogP contribution in [0.1, 0.15) is 0 Å². The van der Waals surface area contributed by atoms with Gasteiger partial charge in [-0.1, -0.05) is 0 Å². The zero-order valence-corrected chi connectivity index (χ0v) is 11.7. The molecule has 0 spiro atoms. The first kappa shape index (κ1) is 13.3. The van der Waals surface area contributed by atoms with Gasteiger partial charge in [0.2, 0.25) is 0 Å². The van der Waals surface area contributed by atoms with E-state index < -0.39 is 0 Å². The third-order valence-corrected chi connectivity index (χ3v) is 2.27. The van der Waals surface area contributed by atoms with Crippen LogP contribution in [0.5, 0.6) is 0 Å². The minimum absolute atomic E-state index is 0. The minimum atomic E-state index is 0. The summed E-state index contributed by atoms with van der Waals surface area (Å²) in [5.74, 6) is 0. The molecule has 1 heterocycles. The van der Waals surface area contributed by atoms with Gasteiger partial charge in [-0.15, -0.1) is 6.54 Å². The predicted molar refractivity (Wildman–Crippen MR) is 50.8 cm³/mol. The second-order valence-corrected chi connectivity index (χ2v) is 3.48. The Kier molecular flexibility index (Phi) is 6.06. The van der Waals surface area contributed by atoms with Crippen LogP contribution in [0.3, 0.4) is 0 Å². The minimum Gasteiger partial charge on any atom is -0.484 e. The molecule has 76 valence electrons. The first-order valence-electron chi connectivity index (χ1n) is 4.27. The molecule has 0 radical (unpaired) electrons. The third-order valence-electron chi connectivity index (χ3n) is 2.27. The maximum absolute atomic E-state index is 3.26. The van der Waals surface area contributed by atoms with E-state index in [2.05, 4.69) is 48.4 Å². The van der Waals surface area contributed by atoms with Gasteiger partial charge in [-0.2, -0.15) is 0 Å². The Balaban J connectivity index is 0.00000144. The number of nitrogens with one attached hydrogen (secondary N) is 1. The van der Waals surface area contributed by atoms with Crippen molar-refractivity contribution < 1.29 is 21.1 Å². The van der Waals surface area contributed by atoms with Crippen molar-refractivity contribution in [2.75, 3.05) is 34.7 Å². The molecule has 4 heteroatoms. The Morgan fingerprint density at radius 2 is 2.15 bits per heavy atom. The van der Waals surface area contributed by atoms with Crippen molar-refractivity contribution in [1.82, 2.24) is 15.1 Å². The van der Waals surface area contributed by atoms with Crippen LogP contribution < -0.4 is 5.32 Å². The molecule has 0 saturated carbocycles. The summed E-state index contributed by atoms with van der Waals surface area (Å²) in [6.07, 6.45) is 5.79. The molecule has 0 saturated heterocycles. The first-order valence-corrected chi connectivity index (χ1v) is 4.27. The number of likely N-dealkylation sites (N-methyl/N-ethyl adjacent to an activating group) is 3. The third kappa shape index (κ3) is 3.17.